The summed E-state index contributed by atoms with van der Waals surface area (Å²) in [5.74, 6) is -0.319. The Morgan fingerprint density at radius 2 is 1.94 bits per heavy atom. The highest BCUT2D eigenvalue weighted by Gasteiger charge is 2.21. The molecule has 3 nitrogen and oxygen atoms in total. The third kappa shape index (κ3) is 2.18. The van der Waals surface area contributed by atoms with Crippen LogP contribution in [0.1, 0.15) is 31.3 Å². The van der Waals surface area contributed by atoms with Gasteiger partial charge in [0, 0.05) is 5.56 Å². The summed E-state index contributed by atoms with van der Waals surface area (Å²) in [7, 11) is 0. The van der Waals surface area contributed by atoms with Crippen molar-refractivity contribution in [3.05, 3.63) is 41.8 Å². The summed E-state index contributed by atoms with van der Waals surface area (Å²) >= 11 is 0. The SMILES string of the molecule is CC(C)(C)n1nc(C=O)cc1-c1ccccc1F. The summed E-state index contributed by atoms with van der Waals surface area (Å²) in [5.41, 5.74) is 1.05. The predicted molar refractivity (Wildman–Crippen MR) is 68.0 cm³/mol. The van der Waals surface area contributed by atoms with Gasteiger partial charge in [-0.25, -0.2) is 4.39 Å². The molecule has 0 aliphatic carbocycles. The van der Waals surface area contributed by atoms with Crippen molar-refractivity contribution >= 4 is 6.29 Å². The molecule has 94 valence electrons. The Labute approximate surface area is 105 Å². The molecule has 2 aromatic rings. The van der Waals surface area contributed by atoms with E-state index < -0.39 is 0 Å². The van der Waals surface area contributed by atoms with Crippen molar-refractivity contribution < 1.29 is 9.18 Å². The molecular weight excluding hydrogens is 231 g/mol. The van der Waals surface area contributed by atoms with Crippen LogP contribution in [0.3, 0.4) is 0 Å². The van der Waals surface area contributed by atoms with Gasteiger partial charge in [-0.3, -0.25) is 9.48 Å². The minimum Gasteiger partial charge on any atom is -0.296 e. The van der Waals surface area contributed by atoms with E-state index in [-0.39, 0.29) is 11.4 Å². The fourth-order valence-corrected chi connectivity index (χ4v) is 1.83. The normalized spacial score (nSPS) is 11.6. The minimum absolute atomic E-state index is 0.308. The van der Waals surface area contributed by atoms with Crippen LogP contribution >= 0.6 is 0 Å². The van der Waals surface area contributed by atoms with Crippen LogP contribution in [0.2, 0.25) is 0 Å². The van der Waals surface area contributed by atoms with Crippen LogP contribution in [-0.4, -0.2) is 16.1 Å². The first kappa shape index (κ1) is 12.5. The maximum absolute atomic E-state index is 13.8. The van der Waals surface area contributed by atoms with Gasteiger partial charge in [0.25, 0.3) is 0 Å². The number of rotatable bonds is 2. The second-order valence-corrected chi connectivity index (χ2v) is 5.13. The number of aldehydes is 1. The first-order valence-electron chi connectivity index (χ1n) is 5.74. The van der Waals surface area contributed by atoms with E-state index >= 15 is 0 Å². The first-order chi connectivity index (χ1) is 8.43. The number of aromatic nitrogens is 2. The van der Waals surface area contributed by atoms with Crippen LogP contribution in [-0.2, 0) is 5.54 Å². The Morgan fingerprint density at radius 1 is 1.28 bits per heavy atom. The van der Waals surface area contributed by atoms with Crippen LogP contribution in [0.15, 0.2) is 30.3 Å². The minimum atomic E-state index is -0.321. The highest BCUT2D eigenvalue weighted by atomic mass is 19.1. The predicted octanol–water partition coefficient (Wildman–Crippen LogP) is 3.26. The zero-order chi connectivity index (χ0) is 13.3. The van der Waals surface area contributed by atoms with Crippen LogP contribution < -0.4 is 0 Å². The molecule has 0 spiro atoms. The van der Waals surface area contributed by atoms with Crippen LogP contribution in [0.25, 0.3) is 11.3 Å². The summed E-state index contributed by atoms with van der Waals surface area (Å²) in [6.45, 7) is 5.87. The molecule has 0 aliphatic rings. The molecule has 0 amide bonds. The average Bonchev–Trinajstić information content (AvgIpc) is 2.73. The average molecular weight is 246 g/mol. The molecule has 0 saturated heterocycles. The van der Waals surface area contributed by atoms with Gasteiger partial charge in [-0.15, -0.1) is 0 Å². The van der Waals surface area contributed by atoms with Gasteiger partial charge in [0.2, 0.25) is 0 Å². The Bertz CT molecular complexity index is 582. The number of carbonyl (C=O) groups is 1. The summed E-state index contributed by atoms with van der Waals surface area (Å²) in [5, 5.41) is 4.20. The lowest BCUT2D eigenvalue weighted by atomic mass is 10.1. The molecule has 0 saturated carbocycles. The summed E-state index contributed by atoms with van der Waals surface area (Å²) < 4.78 is 15.5. The number of hydrogen-bond donors (Lipinski definition) is 0. The fourth-order valence-electron chi connectivity index (χ4n) is 1.83. The van der Waals surface area contributed by atoms with Gasteiger partial charge in [0.1, 0.15) is 11.5 Å². The molecule has 0 radical (unpaired) electrons. The molecule has 1 aromatic carbocycles. The molecule has 1 heterocycles. The Balaban J connectivity index is 2.67. The van der Waals surface area contributed by atoms with Gasteiger partial charge >= 0.3 is 0 Å². The van der Waals surface area contributed by atoms with Crippen LogP contribution in [0.4, 0.5) is 4.39 Å². The number of carbonyl (C=O) groups excluding carboxylic acids is 1. The molecule has 4 heteroatoms. The van der Waals surface area contributed by atoms with E-state index in [9.17, 15) is 9.18 Å². The number of halogens is 1. The molecule has 0 atom stereocenters. The summed E-state index contributed by atoms with van der Waals surface area (Å²) in [6.07, 6.45) is 0.673. The van der Waals surface area contributed by atoms with E-state index in [1.807, 2.05) is 20.8 Å². The standard InChI is InChI=1S/C14H15FN2O/c1-14(2,3)17-13(8-10(9-18)16-17)11-6-4-5-7-12(11)15/h4-9H,1-3H3. The third-order valence-electron chi connectivity index (χ3n) is 2.63. The third-order valence-corrected chi connectivity index (χ3v) is 2.63. The number of hydrogen-bond acceptors (Lipinski definition) is 2. The molecule has 0 unspecified atom stereocenters. The second-order valence-electron chi connectivity index (χ2n) is 5.13. The van der Waals surface area contributed by atoms with Crippen molar-refractivity contribution in [3.63, 3.8) is 0 Å². The zero-order valence-electron chi connectivity index (χ0n) is 10.6. The molecule has 1 aromatic heterocycles. The largest absolute Gasteiger partial charge is 0.296 e. The molecule has 2 rings (SSSR count). The van der Waals surface area contributed by atoms with E-state index in [4.69, 9.17) is 0 Å². The van der Waals surface area contributed by atoms with Crippen LogP contribution in [0, 0.1) is 5.82 Å². The van der Waals surface area contributed by atoms with Gasteiger partial charge in [-0.1, -0.05) is 12.1 Å². The molecule has 0 aliphatic heterocycles. The van der Waals surface area contributed by atoms with E-state index in [1.54, 1.807) is 28.9 Å². The van der Waals surface area contributed by atoms with E-state index in [2.05, 4.69) is 5.10 Å². The van der Waals surface area contributed by atoms with Gasteiger partial charge in [0.05, 0.1) is 11.2 Å². The summed E-state index contributed by atoms with van der Waals surface area (Å²) in [6, 6.07) is 8.09. The van der Waals surface area contributed by atoms with E-state index in [1.165, 1.54) is 6.07 Å². The summed E-state index contributed by atoms with van der Waals surface area (Å²) in [4.78, 5) is 10.8. The number of benzene rings is 1. The van der Waals surface area contributed by atoms with Gasteiger partial charge in [-0.2, -0.15) is 5.10 Å². The van der Waals surface area contributed by atoms with Crippen molar-refractivity contribution in [2.24, 2.45) is 0 Å². The van der Waals surface area contributed by atoms with Crippen molar-refractivity contribution in [1.82, 2.24) is 9.78 Å². The lowest BCUT2D eigenvalue weighted by molar-refractivity contribution is 0.111. The van der Waals surface area contributed by atoms with Crippen molar-refractivity contribution in [2.45, 2.75) is 26.3 Å². The highest BCUT2D eigenvalue weighted by Crippen LogP contribution is 2.28. The highest BCUT2D eigenvalue weighted by molar-refractivity contribution is 5.75. The quantitative estimate of drug-likeness (QED) is 0.762. The van der Waals surface area contributed by atoms with Gasteiger partial charge in [-0.05, 0) is 39.0 Å². The molecule has 0 N–H and O–H groups in total. The number of nitrogens with zero attached hydrogens (tertiary/aromatic N) is 2. The maximum atomic E-state index is 13.8. The Kier molecular flexibility index (Phi) is 3.03. The van der Waals surface area contributed by atoms with Crippen molar-refractivity contribution in [1.29, 1.82) is 0 Å². The van der Waals surface area contributed by atoms with Crippen molar-refractivity contribution in [3.8, 4) is 11.3 Å². The lowest BCUT2D eigenvalue weighted by Crippen LogP contribution is -2.24. The van der Waals surface area contributed by atoms with Crippen molar-refractivity contribution in [2.75, 3.05) is 0 Å². The van der Waals surface area contributed by atoms with E-state index in [0.29, 0.717) is 23.2 Å². The second kappa shape index (κ2) is 4.37. The smallest absolute Gasteiger partial charge is 0.170 e. The molecule has 0 fully saturated rings. The molecular formula is C14H15FN2O. The maximum Gasteiger partial charge on any atom is 0.170 e. The first-order valence-corrected chi connectivity index (χ1v) is 5.74. The van der Waals surface area contributed by atoms with E-state index in [0.717, 1.165) is 0 Å². The van der Waals surface area contributed by atoms with Gasteiger partial charge < -0.3 is 0 Å². The molecule has 0 bridgehead atoms. The lowest BCUT2D eigenvalue weighted by Gasteiger charge is -2.22. The monoisotopic (exact) mass is 246 g/mol. The Morgan fingerprint density at radius 3 is 2.50 bits per heavy atom. The topological polar surface area (TPSA) is 34.9 Å². The fraction of sp³-hybridized carbons (Fsp3) is 0.286. The van der Waals surface area contributed by atoms with Gasteiger partial charge in [0.15, 0.2) is 6.29 Å². The molecule has 18 heavy (non-hydrogen) atoms. The zero-order valence-corrected chi connectivity index (χ0v) is 10.6. The van der Waals surface area contributed by atoms with Crippen LogP contribution in [0.5, 0.6) is 0 Å². The Hall–Kier alpha value is -1.97.